The maximum atomic E-state index is 12.8. The van der Waals surface area contributed by atoms with Crippen molar-refractivity contribution in [3.63, 3.8) is 0 Å². The Kier molecular flexibility index (Phi) is 6.17. The average Bonchev–Trinajstić information content (AvgIpc) is 3.07. The van der Waals surface area contributed by atoms with Crippen LogP contribution in [0.5, 0.6) is 0 Å². The van der Waals surface area contributed by atoms with E-state index in [1.165, 1.54) is 0 Å². The second-order valence-corrected chi connectivity index (χ2v) is 7.51. The van der Waals surface area contributed by atoms with Crippen molar-refractivity contribution in [2.75, 3.05) is 6.54 Å². The predicted octanol–water partition coefficient (Wildman–Crippen LogP) is 4.42. The molecule has 0 radical (unpaired) electrons. The average molecular weight is 399 g/mol. The molecule has 146 valence electrons. The molecule has 1 amide bonds. The minimum absolute atomic E-state index is 0.116. The van der Waals surface area contributed by atoms with E-state index in [0.717, 1.165) is 12.0 Å². The Labute approximate surface area is 169 Å². The molecule has 0 aliphatic carbocycles. The fourth-order valence-corrected chi connectivity index (χ4v) is 3.21. The van der Waals surface area contributed by atoms with E-state index in [9.17, 15) is 9.90 Å². The van der Waals surface area contributed by atoms with Gasteiger partial charge in [0, 0.05) is 12.1 Å². The maximum absolute atomic E-state index is 12.8. The van der Waals surface area contributed by atoms with Gasteiger partial charge in [-0.05, 0) is 38.3 Å². The number of benzene rings is 2. The van der Waals surface area contributed by atoms with Crippen LogP contribution in [0.1, 0.15) is 35.0 Å². The number of aryl methyl sites for hydroxylation is 2. The summed E-state index contributed by atoms with van der Waals surface area (Å²) in [5.74, 6) is 0.0463. The minimum Gasteiger partial charge on any atom is -0.388 e. The van der Waals surface area contributed by atoms with Crippen molar-refractivity contribution < 1.29 is 14.4 Å². The van der Waals surface area contributed by atoms with Crippen molar-refractivity contribution in [3.8, 4) is 11.3 Å². The fraction of sp³-hybridized carbons (Fsp3) is 0.273. The number of aromatic nitrogens is 1. The van der Waals surface area contributed by atoms with E-state index < -0.39 is 5.60 Å². The number of hydrogen-bond donors (Lipinski definition) is 2. The van der Waals surface area contributed by atoms with Gasteiger partial charge in [-0.3, -0.25) is 4.79 Å². The lowest BCUT2D eigenvalue weighted by atomic mass is 9.96. The van der Waals surface area contributed by atoms with Crippen molar-refractivity contribution >= 4 is 17.5 Å². The lowest BCUT2D eigenvalue weighted by Crippen LogP contribution is -2.41. The Hall–Kier alpha value is -2.63. The summed E-state index contributed by atoms with van der Waals surface area (Å²) in [7, 11) is 0. The molecule has 0 saturated heterocycles. The Morgan fingerprint density at radius 2 is 1.86 bits per heavy atom. The minimum atomic E-state index is -1.04. The van der Waals surface area contributed by atoms with E-state index >= 15 is 0 Å². The molecule has 0 aliphatic rings. The van der Waals surface area contributed by atoms with Crippen LogP contribution in [0.2, 0.25) is 5.02 Å². The zero-order valence-electron chi connectivity index (χ0n) is 15.9. The molecule has 28 heavy (non-hydrogen) atoms. The molecule has 6 heteroatoms. The fourth-order valence-electron chi connectivity index (χ4n) is 2.98. The predicted molar refractivity (Wildman–Crippen MR) is 109 cm³/mol. The summed E-state index contributed by atoms with van der Waals surface area (Å²) >= 11 is 6.24. The molecule has 3 rings (SSSR count). The van der Waals surface area contributed by atoms with Gasteiger partial charge in [0.2, 0.25) is 0 Å². The van der Waals surface area contributed by atoms with Crippen LogP contribution in [0, 0.1) is 6.92 Å². The van der Waals surface area contributed by atoms with E-state index in [1.54, 1.807) is 26.0 Å². The summed E-state index contributed by atoms with van der Waals surface area (Å²) in [5.41, 5.74) is 1.45. The third-order valence-electron chi connectivity index (χ3n) is 4.64. The number of hydrogen-bond acceptors (Lipinski definition) is 4. The first kappa shape index (κ1) is 20.1. The van der Waals surface area contributed by atoms with Gasteiger partial charge in [-0.1, -0.05) is 65.3 Å². The molecule has 0 aliphatic heterocycles. The zero-order chi connectivity index (χ0) is 20.1. The normalized spacial score (nSPS) is 13.1. The highest BCUT2D eigenvalue weighted by molar-refractivity contribution is 6.33. The van der Waals surface area contributed by atoms with Gasteiger partial charge in [-0.2, -0.15) is 0 Å². The van der Waals surface area contributed by atoms with Gasteiger partial charge in [0.15, 0.2) is 0 Å². The highest BCUT2D eigenvalue weighted by Gasteiger charge is 2.26. The van der Waals surface area contributed by atoms with Crippen LogP contribution in [0.3, 0.4) is 0 Å². The van der Waals surface area contributed by atoms with Crippen LogP contribution in [0.15, 0.2) is 59.1 Å². The molecule has 1 heterocycles. The first-order chi connectivity index (χ1) is 13.4. The van der Waals surface area contributed by atoms with Crippen molar-refractivity contribution in [3.05, 3.63) is 76.5 Å². The molecule has 2 N–H and O–H groups in total. The molecule has 0 fully saturated rings. The van der Waals surface area contributed by atoms with Crippen LogP contribution in [-0.4, -0.2) is 28.3 Å². The summed E-state index contributed by atoms with van der Waals surface area (Å²) in [6.45, 7) is 3.51. The van der Waals surface area contributed by atoms with E-state index in [2.05, 4.69) is 10.5 Å². The topological polar surface area (TPSA) is 75.4 Å². The standard InChI is InChI=1S/C22H23ClN2O3/c1-15-19(20(25-28-15)17-10-6-7-11-18(17)23)21(26)24-14-22(2,27)13-12-16-8-4-3-5-9-16/h3-11,27H,12-14H2,1-2H3,(H,24,26). The van der Waals surface area contributed by atoms with Crippen molar-refractivity contribution in [2.24, 2.45) is 0 Å². The van der Waals surface area contributed by atoms with Crippen LogP contribution in [-0.2, 0) is 6.42 Å². The number of carbonyl (C=O) groups is 1. The van der Waals surface area contributed by atoms with Crippen molar-refractivity contribution in [2.45, 2.75) is 32.3 Å². The van der Waals surface area contributed by atoms with Gasteiger partial charge in [0.25, 0.3) is 5.91 Å². The van der Waals surface area contributed by atoms with Gasteiger partial charge in [-0.25, -0.2) is 0 Å². The molecular formula is C22H23ClN2O3. The highest BCUT2D eigenvalue weighted by atomic mass is 35.5. The van der Waals surface area contributed by atoms with Gasteiger partial charge in [0.1, 0.15) is 17.0 Å². The number of nitrogens with zero attached hydrogens (tertiary/aromatic N) is 1. The Bertz CT molecular complexity index is 951. The molecule has 2 aromatic carbocycles. The number of nitrogens with one attached hydrogen (secondary N) is 1. The molecule has 0 spiro atoms. The second kappa shape index (κ2) is 8.59. The summed E-state index contributed by atoms with van der Waals surface area (Å²) in [6.07, 6.45) is 1.25. The number of amides is 1. The van der Waals surface area contributed by atoms with Gasteiger partial charge in [-0.15, -0.1) is 0 Å². The Morgan fingerprint density at radius 3 is 2.57 bits per heavy atom. The number of rotatable bonds is 7. The number of aliphatic hydroxyl groups is 1. The summed E-state index contributed by atoms with van der Waals surface area (Å²) < 4.78 is 5.23. The van der Waals surface area contributed by atoms with Crippen LogP contribution in [0.4, 0.5) is 0 Å². The largest absolute Gasteiger partial charge is 0.388 e. The molecule has 0 saturated carbocycles. The van der Waals surface area contributed by atoms with Gasteiger partial charge in [0.05, 0.1) is 10.6 Å². The molecule has 5 nitrogen and oxygen atoms in total. The van der Waals surface area contributed by atoms with Gasteiger partial charge < -0.3 is 14.9 Å². The van der Waals surface area contributed by atoms with E-state index in [0.29, 0.717) is 34.0 Å². The smallest absolute Gasteiger partial charge is 0.257 e. The van der Waals surface area contributed by atoms with Crippen LogP contribution in [0.25, 0.3) is 11.3 Å². The molecule has 0 bridgehead atoms. The van der Waals surface area contributed by atoms with Gasteiger partial charge >= 0.3 is 0 Å². The van der Waals surface area contributed by atoms with E-state index in [1.807, 2.05) is 42.5 Å². The molecule has 1 unspecified atom stereocenters. The first-order valence-corrected chi connectivity index (χ1v) is 9.51. The van der Waals surface area contributed by atoms with E-state index in [4.69, 9.17) is 16.1 Å². The monoisotopic (exact) mass is 398 g/mol. The van der Waals surface area contributed by atoms with Crippen molar-refractivity contribution in [1.82, 2.24) is 10.5 Å². The molecule has 1 aromatic heterocycles. The zero-order valence-corrected chi connectivity index (χ0v) is 16.7. The lowest BCUT2D eigenvalue weighted by molar-refractivity contribution is 0.0478. The highest BCUT2D eigenvalue weighted by Crippen LogP contribution is 2.31. The summed E-state index contributed by atoms with van der Waals surface area (Å²) in [6, 6.07) is 17.1. The third-order valence-corrected chi connectivity index (χ3v) is 4.97. The third kappa shape index (κ3) is 4.80. The number of carbonyl (C=O) groups excluding carboxylic acids is 1. The first-order valence-electron chi connectivity index (χ1n) is 9.13. The van der Waals surface area contributed by atoms with E-state index in [-0.39, 0.29) is 12.5 Å². The van der Waals surface area contributed by atoms with Crippen molar-refractivity contribution in [1.29, 1.82) is 0 Å². The Morgan fingerprint density at radius 1 is 1.18 bits per heavy atom. The van der Waals surface area contributed by atoms with Crippen LogP contribution < -0.4 is 5.32 Å². The quantitative estimate of drug-likeness (QED) is 0.617. The summed E-state index contributed by atoms with van der Waals surface area (Å²) in [4.78, 5) is 12.8. The second-order valence-electron chi connectivity index (χ2n) is 7.11. The Balaban J connectivity index is 1.68. The maximum Gasteiger partial charge on any atom is 0.257 e. The molecule has 1 atom stereocenters. The SMILES string of the molecule is Cc1onc(-c2ccccc2Cl)c1C(=O)NCC(C)(O)CCc1ccccc1. The lowest BCUT2D eigenvalue weighted by Gasteiger charge is -2.23. The number of halogens is 1. The van der Waals surface area contributed by atoms with Crippen LogP contribution >= 0.6 is 11.6 Å². The summed E-state index contributed by atoms with van der Waals surface area (Å²) in [5, 5.41) is 17.9. The molecule has 3 aromatic rings. The molecular weight excluding hydrogens is 376 g/mol.